The van der Waals surface area contributed by atoms with Crippen molar-refractivity contribution in [2.45, 2.75) is 31.8 Å². The highest BCUT2D eigenvalue weighted by Gasteiger charge is 2.29. The van der Waals surface area contributed by atoms with E-state index in [2.05, 4.69) is 39.8 Å². The van der Waals surface area contributed by atoms with Crippen molar-refractivity contribution in [3.05, 3.63) is 71.8 Å². The molecule has 0 aliphatic carbocycles. The van der Waals surface area contributed by atoms with Gasteiger partial charge in [0.1, 0.15) is 0 Å². The molecule has 1 fully saturated rings. The van der Waals surface area contributed by atoms with E-state index in [1.807, 2.05) is 36.4 Å². The molecule has 2 atom stereocenters. The highest BCUT2D eigenvalue weighted by Crippen LogP contribution is 2.22. The van der Waals surface area contributed by atoms with E-state index < -0.39 is 0 Å². The number of carbonyl (C=O) groups is 2. The maximum atomic E-state index is 12.3. The molecule has 1 heterocycles. The van der Waals surface area contributed by atoms with Crippen LogP contribution in [0.4, 0.5) is 0 Å². The van der Waals surface area contributed by atoms with Crippen LogP contribution >= 0.6 is 0 Å². The molecule has 2 N–H and O–H groups in total. The lowest BCUT2D eigenvalue weighted by Gasteiger charge is -2.31. The Morgan fingerprint density at radius 1 is 1.15 bits per heavy atom. The summed E-state index contributed by atoms with van der Waals surface area (Å²) in [6, 6.07) is 20.4. The summed E-state index contributed by atoms with van der Waals surface area (Å²) in [7, 11) is 0. The molecule has 5 nitrogen and oxygen atoms in total. The molecule has 0 bridgehead atoms. The van der Waals surface area contributed by atoms with Crippen LogP contribution in [0.1, 0.15) is 30.4 Å². The van der Waals surface area contributed by atoms with Gasteiger partial charge in [-0.3, -0.25) is 14.5 Å². The Morgan fingerprint density at radius 3 is 2.48 bits per heavy atom. The lowest BCUT2D eigenvalue weighted by molar-refractivity contribution is -0.121. The fourth-order valence-corrected chi connectivity index (χ4v) is 3.61. The first kappa shape index (κ1) is 19.1. The maximum absolute atomic E-state index is 12.3. The van der Waals surface area contributed by atoms with Crippen LogP contribution in [-0.4, -0.2) is 42.4 Å². The van der Waals surface area contributed by atoms with Gasteiger partial charge in [0.2, 0.25) is 11.8 Å². The van der Waals surface area contributed by atoms with Gasteiger partial charge in [0.05, 0.1) is 6.04 Å². The van der Waals surface area contributed by atoms with Gasteiger partial charge in [-0.1, -0.05) is 60.7 Å². The van der Waals surface area contributed by atoms with Crippen molar-refractivity contribution in [1.29, 1.82) is 0 Å². The minimum atomic E-state index is -0.0583. The molecule has 0 saturated carbocycles. The van der Waals surface area contributed by atoms with Crippen LogP contribution in [0, 0.1) is 0 Å². The first-order chi connectivity index (χ1) is 13.1. The van der Waals surface area contributed by atoms with Crippen LogP contribution in [0.2, 0.25) is 0 Å². The van der Waals surface area contributed by atoms with Gasteiger partial charge in [0.15, 0.2) is 0 Å². The third-order valence-electron chi connectivity index (χ3n) is 4.99. The van der Waals surface area contributed by atoms with E-state index in [4.69, 9.17) is 0 Å². The Balaban J connectivity index is 1.80. The predicted octanol–water partition coefficient (Wildman–Crippen LogP) is 2.30. The molecule has 2 aromatic carbocycles. The first-order valence-electron chi connectivity index (χ1n) is 9.47. The van der Waals surface area contributed by atoms with Crippen molar-refractivity contribution in [2.75, 3.05) is 19.6 Å². The Labute approximate surface area is 160 Å². The lowest BCUT2D eigenvalue weighted by Crippen LogP contribution is -2.46. The van der Waals surface area contributed by atoms with Crippen LogP contribution in [0.25, 0.3) is 0 Å². The van der Waals surface area contributed by atoms with Gasteiger partial charge < -0.3 is 10.6 Å². The number of hydrogen-bond donors (Lipinski definition) is 2. The Morgan fingerprint density at radius 2 is 1.81 bits per heavy atom. The number of amides is 2. The second kappa shape index (κ2) is 9.33. The van der Waals surface area contributed by atoms with Crippen molar-refractivity contribution in [1.82, 2.24) is 15.5 Å². The van der Waals surface area contributed by atoms with E-state index in [0.717, 1.165) is 25.2 Å². The number of benzene rings is 2. The van der Waals surface area contributed by atoms with E-state index in [-0.39, 0.29) is 23.8 Å². The first-order valence-corrected chi connectivity index (χ1v) is 9.47. The molecule has 3 rings (SSSR count). The monoisotopic (exact) mass is 365 g/mol. The van der Waals surface area contributed by atoms with Gasteiger partial charge >= 0.3 is 0 Å². The zero-order valence-corrected chi connectivity index (χ0v) is 15.7. The topological polar surface area (TPSA) is 61.4 Å². The van der Waals surface area contributed by atoms with E-state index in [9.17, 15) is 9.59 Å². The molecule has 0 aromatic heterocycles. The Kier molecular flexibility index (Phi) is 6.60. The van der Waals surface area contributed by atoms with Gasteiger partial charge in [0, 0.05) is 45.4 Å². The summed E-state index contributed by atoms with van der Waals surface area (Å²) in [5.74, 6) is 0.0340. The molecule has 1 saturated heterocycles. The van der Waals surface area contributed by atoms with Crippen molar-refractivity contribution in [2.24, 2.45) is 0 Å². The van der Waals surface area contributed by atoms with Crippen molar-refractivity contribution in [3.63, 3.8) is 0 Å². The fourth-order valence-electron chi connectivity index (χ4n) is 3.61. The molecular formula is C22H27N3O2. The summed E-state index contributed by atoms with van der Waals surface area (Å²) in [5, 5.41) is 6.12. The molecule has 5 heteroatoms. The van der Waals surface area contributed by atoms with Crippen LogP contribution in [0.3, 0.4) is 0 Å². The minimum absolute atomic E-state index is 0.0235. The number of rotatable bonds is 6. The molecular weight excluding hydrogens is 338 g/mol. The Bertz CT molecular complexity index is 749. The summed E-state index contributed by atoms with van der Waals surface area (Å²) >= 11 is 0. The summed E-state index contributed by atoms with van der Waals surface area (Å²) < 4.78 is 0. The molecule has 0 spiro atoms. The molecule has 2 aromatic rings. The van der Waals surface area contributed by atoms with E-state index in [1.54, 1.807) is 0 Å². The van der Waals surface area contributed by atoms with Crippen LogP contribution in [0.5, 0.6) is 0 Å². The summed E-state index contributed by atoms with van der Waals surface area (Å²) in [5.41, 5.74) is 2.36. The van der Waals surface area contributed by atoms with Gasteiger partial charge in [-0.25, -0.2) is 0 Å². The van der Waals surface area contributed by atoms with Crippen molar-refractivity contribution >= 4 is 11.8 Å². The molecule has 27 heavy (non-hydrogen) atoms. The molecule has 142 valence electrons. The molecule has 1 aliphatic rings. The quantitative estimate of drug-likeness (QED) is 0.826. The standard InChI is InChI=1S/C22H27N3O2/c1-17(26)23-14-20(19-10-6-3-7-11-19)21-16-25(13-12-22(27)24-21)15-18-8-4-2-5-9-18/h2-11,20-21H,12-16H2,1H3,(H,23,26)(H,24,27)/t20-,21-/m0/s1. The Hall–Kier alpha value is -2.66. The number of carbonyl (C=O) groups excluding carboxylic acids is 2. The molecule has 0 unspecified atom stereocenters. The second-order valence-electron chi connectivity index (χ2n) is 7.10. The second-order valence-corrected chi connectivity index (χ2v) is 7.10. The summed E-state index contributed by atoms with van der Waals surface area (Å²) in [6.45, 7) is 4.32. The highest BCUT2D eigenvalue weighted by atomic mass is 16.2. The smallest absolute Gasteiger partial charge is 0.221 e. The van der Waals surface area contributed by atoms with Crippen molar-refractivity contribution < 1.29 is 9.59 Å². The molecule has 0 radical (unpaired) electrons. The van der Waals surface area contributed by atoms with Gasteiger partial charge in [-0.2, -0.15) is 0 Å². The minimum Gasteiger partial charge on any atom is -0.356 e. The van der Waals surface area contributed by atoms with Crippen molar-refractivity contribution in [3.8, 4) is 0 Å². The molecule has 1 aliphatic heterocycles. The zero-order valence-electron chi connectivity index (χ0n) is 15.7. The number of nitrogens with one attached hydrogen (secondary N) is 2. The van der Waals surface area contributed by atoms with Crippen LogP contribution < -0.4 is 10.6 Å². The van der Waals surface area contributed by atoms with Gasteiger partial charge in [-0.05, 0) is 11.1 Å². The largest absolute Gasteiger partial charge is 0.356 e. The van der Waals surface area contributed by atoms with Gasteiger partial charge in [0.25, 0.3) is 0 Å². The summed E-state index contributed by atoms with van der Waals surface area (Å²) in [4.78, 5) is 26.2. The third-order valence-corrected chi connectivity index (χ3v) is 4.99. The van der Waals surface area contributed by atoms with E-state index in [1.165, 1.54) is 12.5 Å². The number of hydrogen-bond acceptors (Lipinski definition) is 3. The van der Waals surface area contributed by atoms with Crippen LogP contribution in [-0.2, 0) is 16.1 Å². The van der Waals surface area contributed by atoms with Crippen LogP contribution in [0.15, 0.2) is 60.7 Å². The predicted molar refractivity (Wildman–Crippen MR) is 106 cm³/mol. The van der Waals surface area contributed by atoms with E-state index in [0.29, 0.717) is 13.0 Å². The maximum Gasteiger partial charge on any atom is 0.221 e. The lowest BCUT2D eigenvalue weighted by atomic mass is 9.90. The van der Waals surface area contributed by atoms with Gasteiger partial charge in [-0.15, -0.1) is 0 Å². The normalized spacial score (nSPS) is 19.0. The SMILES string of the molecule is CC(=O)NC[C@@H](c1ccccc1)[C@@H]1CN(Cc2ccccc2)CCC(=O)N1. The average Bonchev–Trinajstić information content (AvgIpc) is 2.85. The highest BCUT2D eigenvalue weighted by molar-refractivity contribution is 5.77. The average molecular weight is 365 g/mol. The third kappa shape index (κ3) is 5.66. The zero-order chi connectivity index (χ0) is 19.1. The number of nitrogens with zero attached hydrogens (tertiary/aromatic N) is 1. The molecule has 2 amide bonds. The van der Waals surface area contributed by atoms with E-state index >= 15 is 0 Å². The summed E-state index contributed by atoms with van der Waals surface area (Å²) in [6.07, 6.45) is 0.491. The fraction of sp³-hybridized carbons (Fsp3) is 0.364.